The third-order valence-corrected chi connectivity index (χ3v) is 0.672. The predicted molar refractivity (Wildman–Crippen MR) is 54.2 cm³/mol. The fourth-order valence-electron chi connectivity index (χ4n) is 0.204. The molecular formula is C9H22O5. The Morgan fingerprint density at radius 2 is 1.57 bits per heavy atom. The maximum atomic E-state index is 9.00. The molecule has 5 nitrogen and oxygen atoms in total. The molecular weight excluding hydrogens is 188 g/mol. The van der Waals surface area contributed by atoms with Crippen molar-refractivity contribution < 1.29 is 24.9 Å². The van der Waals surface area contributed by atoms with Crippen molar-refractivity contribution in [2.45, 2.75) is 33.8 Å². The van der Waals surface area contributed by atoms with Gasteiger partial charge in [0, 0.05) is 20.1 Å². The first-order valence-corrected chi connectivity index (χ1v) is 4.48. The molecule has 3 N–H and O–H groups in total. The number of hydrogen-bond donors (Lipinski definition) is 3. The molecule has 0 fully saturated rings. The van der Waals surface area contributed by atoms with Crippen LogP contribution >= 0.6 is 0 Å². The minimum absolute atomic E-state index is 0.139. The van der Waals surface area contributed by atoms with E-state index in [2.05, 4.69) is 0 Å². The highest BCUT2D eigenvalue weighted by Gasteiger charge is 1.83. The highest BCUT2D eigenvalue weighted by molar-refractivity contribution is 5.62. The number of aliphatic carboxylic acids is 1. The number of hydrogen-bond acceptors (Lipinski definition) is 4. The van der Waals surface area contributed by atoms with E-state index >= 15 is 0 Å². The lowest BCUT2D eigenvalue weighted by molar-refractivity contribution is -0.134. The van der Waals surface area contributed by atoms with Crippen LogP contribution in [0.4, 0.5) is 0 Å². The molecule has 0 aliphatic carbocycles. The van der Waals surface area contributed by atoms with Crippen molar-refractivity contribution in [3.05, 3.63) is 0 Å². The molecule has 0 radical (unpaired) electrons. The Hall–Kier alpha value is -0.650. The zero-order valence-electron chi connectivity index (χ0n) is 9.36. The second kappa shape index (κ2) is 18.2. The second-order valence-corrected chi connectivity index (χ2v) is 2.33. The average molecular weight is 210 g/mol. The molecule has 0 aromatic rings. The van der Waals surface area contributed by atoms with Crippen molar-refractivity contribution in [2.24, 2.45) is 0 Å². The minimum atomic E-state index is -0.833. The van der Waals surface area contributed by atoms with E-state index in [1.54, 1.807) is 0 Å². The largest absolute Gasteiger partial charge is 0.481 e. The second-order valence-electron chi connectivity index (χ2n) is 2.33. The number of aliphatic hydroxyl groups is 2. The average Bonchev–Trinajstić information content (AvgIpc) is 2.06. The van der Waals surface area contributed by atoms with Crippen LogP contribution in [0.2, 0.25) is 0 Å². The van der Waals surface area contributed by atoms with Gasteiger partial charge in [0.15, 0.2) is 0 Å². The van der Waals surface area contributed by atoms with Gasteiger partial charge in [-0.3, -0.25) is 4.79 Å². The van der Waals surface area contributed by atoms with E-state index in [0.717, 1.165) is 20.1 Å². The van der Waals surface area contributed by atoms with Crippen LogP contribution in [0.3, 0.4) is 0 Å². The molecule has 0 aromatic heterocycles. The van der Waals surface area contributed by atoms with Crippen molar-refractivity contribution in [3.8, 4) is 0 Å². The Labute approximate surface area is 85.3 Å². The van der Waals surface area contributed by atoms with Gasteiger partial charge in [0.2, 0.25) is 0 Å². The maximum Gasteiger partial charge on any atom is 0.300 e. The lowest BCUT2D eigenvalue weighted by Crippen LogP contribution is -2.03. The molecule has 14 heavy (non-hydrogen) atoms. The Balaban J connectivity index is -0.000000131. The van der Waals surface area contributed by atoms with Crippen molar-refractivity contribution in [3.63, 3.8) is 0 Å². The van der Waals surface area contributed by atoms with E-state index in [0.29, 0.717) is 0 Å². The molecule has 0 rings (SSSR count). The van der Waals surface area contributed by atoms with Gasteiger partial charge in [-0.25, -0.2) is 0 Å². The summed E-state index contributed by atoms with van der Waals surface area (Å²) >= 11 is 0. The molecule has 0 aliphatic heterocycles. The summed E-state index contributed by atoms with van der Waals surface area (Å²) in [7, 11) is 0. The molecule has 5 heteroatoms. The van der Waals surface area contributed by atoms with Crippen LogP contribution in [0, 0.1) is 0 Å². The number of carbonyl (C=O) groups is 1. The summed E-state index contributed by atoms with van der Waals surface area (Å²) in [5.41, 5.74) is 0. The Morgan fingerprint density at radius 3 is 1.57 bits per heavy atom. The first kappa shape index (κ1) is 19.0. The predicted octanol–water partition coefficient (Wildman–Crippen LogP) is 0.493. The molecule has 0 aliphatic rings. The fraction of sp³-hybridized carbons (Fsp3) is 0.889. The highest BCUT2D eigenvalue weighted by Crippen LogP contribution is 1.68. The van der Waals surface area contributed by atoms with E-state index in [1.165, 1.54) is 6.92 Å². The summed E-state index contributed by atoms with van der Waals surface area (Å²) in [6.07, 6.45) is -0.560. The number of carboxylic acids is 1. The number of aliphatic hydroxyl groups excluding tert-OH is 2. The monoisotopic (exact) mass is 210 g/mol. The molecule has 0 saturated carbocycles. The van der Waals surface area contributed by atoms with Gasteiger partial charge in [-0.05, 0) is 20.8 Å². The van der Waals surface area contributed by atoms with Crippen LogP contribution in [-0.2, 0) is 9.53 Å². The van der Waals surface area contributed by atoms with Gasteiger partial charge in [0.1, 0.15) is 0 Å². The molecule has 1 atom stereocenters. The van der Waals surface area contributed by atoms with Crippen LogP contribution in [0.15, 0.2) is 0 Å². The third kappa shape index (κ3) is 108. The van der Waals surface area contributed by atoms with E-state index < -0.39 is 12.1 Å². The van der Waals surface area contributed by atoms with Gasteiger partial charge in [-0.2, -0.15) is 0 Å². The lowest BCUT2D eigenvalue weighted by atomic mass is 10.5. The van der Waals surface area contributed by atoms with Gasteiger partial charge in [-0.1, -0.05) is 0 Å². The quantitative estimate of drug-likeness (QED) is 0.631. The van der Waals surface area contributed by atoms with Crippen molar-refractivity contribution in [1.29, 1.82) is 0 Å². The first-order chi connectivity index (χ1) is 6.42. The van der Waals surface area contributed by atoms with Crippen molar-refractivity contribution in [2.75, 3.05) is 19.8 Å². The van der Waals surface area contributed by atoms with Crippen LogP contribution in [0.25, 0.3) is 0 Å². The number of ether oxygens (including phenoxy) is 1. The maximum absolute atomic E-state index is 9.00. The van der Waals surface area contributed by atoms with Gasteiger partial charge >= 0.3 is 0 Å². The van der Waals surface area contributed by atoms with E-state index in [4.69, 9.17) is 24.9 Å². The Bertz CT molecular complexity index is 97.4. The zero-order chi connectivity index (χ0) is 12.0. The molecule has 0 saturated heterocycles. The number of carboxylic acid groups (broad SMARTS) is 1. The SMILES string of the molecule is CC(=O)O.CC(O)CO.CCOCC. The van der Waals surface area contributed by atoms with E-state index in [-0.39, 0.29) is 6.61 Å². The van der Waals surface area contributed by atoms with Crippen LogP contribution < -0.4 is 0 Å². The summed E-state index contributed by atoms with van der Waals surface area (Å²) in [5.74, 6) is -0.833. The van der Waals surface area contributed by atoms with Crippen LogP contribution in [0.1, 0.15) is 27.7 Å². The van der Waals surface area contributed by atoms with Gasteiger partial charge in [-0.15, -0.1) is 0 Å². The minimum Gasteiger partial charge on any atom is -0.481 e. The van der Waals surface area contributed by atoms with Crippen molar-refractivity contribution >= 4 is 5.97 Å². The van der Waals surface area contributed by atoms with Gasteiger partial charge in [0.05, 0.1) is 12.7 Å². The summed E-state index contributed by atoms with van der Waals surface area (Å²) < 4.78 is 4.83. The molecule has 0 bridgehead atoms. The fourth-order valence-corrected chi connectivity index (χ4v) is 0.204. The lowest BCUT2D eigenvalue weighted by Gasteiger charge is -1.90. The summed E-state index contributed by atoms with van der Waals surface area (Å²) in [6.45, 7) is 8.14. The molecule has 0 spiro atoms. The summed E-state index contributed by atoms with van der Waals surface area (Å²) in [4.78, 5) is 9.00. The summed E-state index contributed by atoms with van der Waals surface area (Å²) in [5, 5.41) is 23.4. The molecule has 0 amide bonds. The molecule has 88 valence electrons. The molecule has 0 aromatic carbocycles. The van der Waals surface area contributed by atoms with Gasteiger partial charge in [0.25, 0.3) is 5.97 Å². The molecule has 0 heterocycles. The van der Waals surface area contributed by atoms with Crippen LogP contribution in [-0.4, -0.2) is 47.2 Å². The Kier molecular flexibility index (Phi) is 24.7. The number of rotatable bonds is 3. The highest BCUT2D eigenvalue weighted by atomic mass is 16.5. The van der Waals surface area contributed by atoms with E-state index in [1.807, 2.05) is 13.8 Å². The van der Waals surface area contributed by atoms with E-state index in [9.17, 15) is 0 Å². The van der Waals surface area contributed by atoms with Crippen molar-refractivity contribution in [1.82, 2.24) is 0 Å². The summed E-state index contributed by atoms with van der Waals surface area (Å²) in [6, 6.07) is 0. The smallest absolute Gasteiger partial charge is 0.300 e. The first-order valence-electron chi connectivity index (χ1n) is 4.48. The van der Waals surface area contributed by atoms with Crippen LogP contribution in [0.5, 0.6) is 0 Å². The standard InChI is InChI=1S/C4H10O.C3H8O2.C2H4O2/c1-3-5-4-2;1-3(5)2-4;1-2(3)4/h3-4H2,1-2H3;3-5H,2H2,1H3;1H3,(H,3,4). The van der Waals surface area contributed by atoms with Gasteiger partial charge < -0.3 is 20.1 Å². The topological polar surface area (TPSA) is 87.0 Å². The third-order valence-electron chi connectivity index (χ3n) is 0.672. The Morgan fingerprint density at radius 1 is 1.36 bits per heavy atom. The zero-order valence-corrected chi connectivity index (χ0v) is 9.36. The normalized spacial score (nSPS) is 10.1. The molecule has 1 unspecified atom stereocenters.